The van der Waals surface area contributed by atoms with Gasteiger partial charge in [0, 0.05) is 23.1 Å². The average Bonchev–Trinajstić information content (AvgIpc) is 3.25. The number of nitrogens with zero attached hydrogens (tertiary/aromatic N) is 2. The zero-order chi connectivity index (χ0) is 21.5. The monoisotopic (exact) mass is 416 g/mol. The Morgan fingerprint density at radius 2 is 1.87 bits per heavy atom. The second-order valence-corrected chi connectivity index (χ2v) is 7.79. The van der Waals surface area contributed by atoms with Crippen molar-refractivity contribution in [1.82, 2.24) is 5.01 Å². The summed E-state index contributed by atoms with van der Waals surface area (Å²) in [5.41, 5.74) is 4.61. The first-order valence-electron chi connectivity index (χ1n) is 10.2. The van der Waals surface area contributed by atoms with Gasteiger partial charge in [-0.2, -0.15) is 5.10 Å². The summed E-state index contributed by atoms with van der Waals surface area (Å²) < 4.78 is 17.5. The number of hydrazone groups is 1. The van der Waals surface area contributed by atoms with E-state index in [9.17, 15) is 5.11 Å². The van der Waals surface area contributed by atoms with Crippen LogP contribution in [0.2, 0.25) is 0 Å². The van der Waals surface area contributed by atoms with Gasteiger partial charge in [0.05, 0.1) is 26.0 Å². The smallest absolute Gasteiger partial charge is 0.214 e. The van der Waals surface area contributed by atoms with Crippen LogP contribution in [0.15, 0.2) is 65.8 Å². The van der Waals surface area contributed by atoms with E-state index in [1.165, 1.54) is 0 Å². The van der Waals surface area contributed by atoms with Gasteiger partial charge in [-0.05, 0) is 37.3 Å². The van der Waals surface area contributed by atoms with Crippen molar-refractivity contribution in [1.29, 1.82) is 0 Å². The van der Waals surface area contributed by atoms with Gasteiger partial charge in [-0.25, -0.2) is 5.01 Å². The number of phenols is 1. The van der Waals surface area contributed by atoms with Crippen molar-refractivity contribution in [3.05, 3.63) is 82.9 Å². The predicted octanol–water partition coefficient (Wildman–Crippen LogP) is 4.96. The van der Waals surface area contributed by atoms with Gasteiger partial charge in [0.2, 0.25) is 6.23 Å². The van der Waals surface area contributed by atoms with E-state index in [1.807, 2.05) is 66.5 Å². The molecule has 0 saturated heterocycles. The molecule has 0 radical (unpaired) electrons. The summed E-state index contributed by atoms with van der Waals surface area (Å²) >= 11 is 0. The second kappa shape index (κ2) is 7.54. The minimum atomic E-state index is -0.451. The SMILES string of the molecule is COc1cccc([C@@H]2Oc3c(OC)cccc3[C@@H]3CC(c4cc(C)ccc4O)=NN32)c1. The number of hydrogen-bond donors (Lipinski definition) is 1. The summed E-state index contributed by atoms with van der Waals surface area (Å²) in [6.45, 7) is 2.01. The van der Waals surface area contributed by atoms with Crippen LogP contribution in [0.1, 0.15) is 40.9 Å². The van der Waals surface area contributed by atoms with E-state index >= 15 is 0 Å². The Morgan fingerprint density at radius 1 is 1.03 bits per heavy atom. The quantitative estimate of drug-likeness (QED) is 0.651. The van der Waals surface area contributed by atoms with Crippen molar-refractivity contribution in [2.45, 2.75) is 25.6 Å². The first-order chi connectivity index (χ1) is 15.1. The van der Waals surface area contributed by atoms with E-state index in [2.05, 4.69) is 0 Å². The Kier molecular flexibility index (Phi) is 4.70. The number of para-hydroxylation sites is 1. The molecule has 6 nitrogen and oxygen atoms in total. The van der Waals surface area contributed by atoms with Gasteiger partial charge >= 0.3 is 0 Å². The Balaban J connectivity index is 1.64. The molecule has 0 unspecified atom stereocenters. The molecule has 6 heteroatoms. The van der Waals surface area contributed by atoms with Crippen molar-refractivity contribution < 1.29 is 19.3 Å². The number of ether oxygens (including phenoxy) is 3. The first-order valence-corrected chi connectivity index (χ1v) is 10.2. The van der Waals surface area contributed by atoms with E-state index < -0.39 is 6.23 Å². The van der Waals surface area contributed by atoms with Crippen LogP contribution in [0.5, 0.6) is 23.0 Å². The molecule has 3 aromatic carbocycles. The van der Waals surface area contributed by atoms with Gasteiger partial charge in [0.1, 0.15) is 11.5 Å². The molecule has 2 aliphatic heterocycles. The minimum Gasteiger partial charge on any atom is -0.507 e. The van der Waals surface area contributed by atoms with Crippen LogP contribution in [0.3, 0.4) is 0 Å². The highest BCUT2D eigenvalue weighted by Gasteiger charge is 2.42. The fourth-order valence-corrected chi connectivity index (χ4v) is 4.30. The molecule has 2 atom stereocenters. The van der Waals surface area contributed by atoms with Gasteiger partial charge in [-0.15, -0.1) is 0 Å². The third-order valence-corrected chi connectivity index (χ3v) is 5.84. The summed E-state index contributed by atoms with van der Waals surface area (Å²) in [6.07, 6.45) is 0.203. The van der Waals surface area contributed by atoms with Gasteiger partial charge in [0.25, 0.3) is 0 Å². The summed E-state index contributed by atoms with van der Waals surface area (Å²) in [5, 5.41) is 17.4. The van der Waals surface area contributed by atoms with E-state index in [4.69, 9.17) is 19.3 Å². The molecule has 0 amide bonds. The summed E-state index contributed by atoms with van der Waals surface area (Å²) in [5.74, 6) is 2.40. The topological polar surface area (TPSA) is 63.5 Å². The fraction of sp³-hybridized carbons (Fsp3) is 0.240. The molecular weight excluding hydrogens is 392 g/mol. The summed E-state index contributed by atoms with van der Waals surface area (Å²) in [4.78, 5) is 0. The Labute approximate surface area is 181 Å². The molecule has 31 heavy (non-hydrogen) atoms. The van der Waals surface area contributed by atoms with Crippen LogP contribution in [-0.4, -0.2) is 30.0 Å². The number of methoxy groups -OCH3 is 2. The van der Waals surface area contributed by atoms with Gasteiger partial charge < -0.3 is 19.3 Å². The lowest BCUT2D eigenvalue weighted by atomic mass is 9.94. The molecule has 1 N–H and O–H groups in total. The summed E-state index contributed by atoms with van der Waals surface area (Å²) in [6, 6.07) is 19.3. The van der Waals surface area contributed by atoms with Crippen LogP contribution in [0.4, 0.5) is 0 Å². The predicted molar refractivity (Wildman–Crippen MR) is 118 cm³/mol. The van der Waals surface area contributed by atoms with E-state index in [-0.39, 0.29) is 11.8 Å². The van der Waals surface area contributed by atoms with Crippen LogP contribution >= 0.6 is 0 Å². The fourth-order valence-electron chi connectivity index (χ4n) is 4.30. The number of hydrogen-bond acceptors (Lipinski definition) is 6. The number of benzene rings is 3. The highest BCUT2D eigenvalue weighted by molar-refractivity contribution is 6.04. The number of aryl methyl sites for hydroxylation is 1. The highest BCUT2D eigenvalue weighted by atomic mass is 16.5. The minimum absolute atomic E-state index is 0.0371. The molecular formula is C25H24N2O4. The molecule has 2 heterocycles. The van der Waals surface area contributed by atoms with Gasteiger partial charge in [-0.1, -0.05) is 35.9 Å². The average molecular weight is 416 g/mol. The maximum absolute atomic E-state index is 10.5. The maximum Gasteiger partial charge on any atom is 0.214 e. The molecule has 2 aliphatic rings. The molecule has 5 rings (SSSR count). The zero-order valence-corrected chi connectivity index (χ0v) is 17.7. The molecule has 3 aromatic rings. The lowest BCUT2D eigenvalue weighted by Gasteiger charge is -2.38. The third kappa shape index (κ3) is 3.24. The maximum atomic E-state index is 10.5. The normalized spacial score (nSPS) is 19.2. The molecule has 158 valence electrons. The van der Waals surface area contributed by atoms with Crippen molar-refractivity contribution >= 4 is 5.71 Å². The van der Waals surface area contributed by atoms with Crippen molar-refractivity contribution in [2.75, 3.05) is 14.2 Å². The van der Waals surface area contributed by atoms with Crippen LogP contribution in [0, 0.1) is 6.92 Å². The van der Waals surface area contributed by atoms with Crippen molar-refractivity contribution in [3.8, 4) is 23.0 Å². The van der Waals surface area contributed by atoms with Crippen LogP contribution in [0.25, 0.3) is 0 Å². The molecule has 0 bridgehead atoms. The number of fused-ring (bicyclic) bond motifs is 3. The number of phenolic OH excluding ortho intramolecular Hbond substituents is 1. The largest absolute Gasteiger partial charge is 0.507 e. The molecule has 0 fully saturated rings. The molecule has 0 spiro atoms. The molecule has 0 aliphatic carbocycles. The Bertz CT molecular complexity index is 1170. The lowest BCUT2D eigenvalue weighted by molar-refractivity contribution is -0.0210. The molecule has 0 saturated carbocycles. The standard InChI is InChI=1S/C25H24N2O4/c1-15-10-11-22(28)19(12-15)20-14-21-18-8-5-9-23(30-3)24(18)31-25(27(21)26-20)16-6-4-7-17(13-16)29-2/h4-13,21,25,28H,14H2,1-3H3/t21-,25-/m0/s1. The van der Waals surface area contributed by atoms with Crippen molar-refractivity contribution in [3.63, 3.8) is 0 Å². The zero-order valence-electron chi connectivity index (χ0n) is 17.7. The summed E-state index contributed by atoms with van der Waals surface area (Å²) in [7, 11) is 3.29. The van der Waals surface area contributed by atoms with E-state index in [1.54, 1.807) is 20.3 Å². The highest BCUT2D eigenvalue weighted by Crippen LogP contribution is 2.51. The number of rotatable bonds is 4. The van der Waals surface area contributed by atoms with Gasteiger partial charge in [-0.3, -0.25) is 0 Å². The van der Waals surface area contributed by atoms with E-state index in [0.717, 1.165) is 39.5 Å². The lowest BCUT2D eigenvalue weighted by Crippen LogP contribution is -2.33. The van der Waals surface area contributed by atoms with Gasteiger partial charge in [0.15, 0.2) is 11.5 Å². The Hall–Kier alpha value is -3.67. The van der Waals surface area contributed by atoms with Crippen molar-refractivity contribution in [2.24, 2.45) is 5.10 Å². The van der Waals surface area contributed by atoms with Crippen LogP contribution in [-0.2, 0) is 0 Å². The second-order valence-electron chi connectivity index (χ2n) is 7.79. The van der Waals surface area contributed by atoms with Crippen LogP contribution < -0.4 is 14.2 Å². The number of aromatic hydroxyl groups is 1. The molecule has 0 aromatic heterocycles. The first kappa shape index (κ1) is 19.3. The third-order valence-electron chi connectivity index (χ3n) is 5.84. The van der Waals surface area contributed by atoms with E-state index in [0.29, 0.717) is 12.2 Å². The Morgan fingerprint density at radius 3 is 2.68 bits per heavy atom.